The molecule has 4 nitrogen and oxygen atoms in total. The van der Waals surface area contributed by atoms with Gasteiger partial charge in [-0.3, -0.25) is 9.59 Å². The Labute approximate surface area is 140 Å². The standard InChI is InChI=1S/C19H20FNO3/c1-3-17(13-7-9-15(20)10-8-13)18(22)21-16-6-4-5-14(11-16)12(2)19(23)24/h4-12,17H,3H2,1-2H3,(H,21,22)(H,23,24). The molecule has 1 amide bonds. The van der Waals surface area contributed by atoms with Gasteiger partial charge in [0.25, 0.3) is 0 Å². The van der Waals surface area contributed by atoms with Crippen molar-refractivity contribution in [2.45, 2.75) is 32.1 Å². The number of nitrogens with one attached hydrogen (secondary N) is 1. The van der Waals surface area contributed by atoms with Gasteiger partial charge in [0.05, 0.1) is 11.8 Å². The predicted molar refractivity (Wildman–Crippen MR) is 90.6 cm³/mol. The van der Waals surface area contributed by atoms with E-state index in [-0.39, 0.29) is 11.7 Å². The molecule has 5 heteroatoms. The van der Waals surface area contributed by atoms with Crippen LogP contribution in [-0.4, -0.2) is 17.0 Å². The van der Waals surface area contributed by atoms with Crippen molar-refractivity contribution in [2.75, 3.05) is 5.32 Å². The van der Waals surface area contributed by atoms with Gasteiger partial charge in [-0.15, -0.1) is 0 Å². The van der Waals surface area contributed by atoms with Gasteiger partial charge >= 0.3 is 5.97 Å². The normalized spacial score (nSPS) is 13.1. The average Bonchev–Trinajstić information content (AvgIpc) is 2.56. The van der Waals surface area contributed by atoms with Crippen LogP contribution in [0.25, 0.3) is 0 Å². The first-order valence-corrected chi connectivity index (χ1v) is 7.81. The zero-order chi connectivity index (χ0) is 17.7. The molecule has 2 rings (SSSR count). The van der Waals surface area contributed by atoms with Crippen molar-refractivity contribution in [1.82, 2.24) is 0 Å². The third kappa shape index (κ3) is 4.19. The Hall–Kier alpha value is -2.69. The molecule has 2 aromatic carbocycles. The minimum Gasteiger partial charge on any atom is -0.481 e. The molecule has 2 aromatic rings. The van der Waals surface area contributed by atoms with Gasteiger partial charge < -0.3 is 10.4 Å². The van der Waals surface area contributed by atoms with Crippen molar-refractivity contribution >= 4 is 17.6 Å². The summed E-state index contributed by atoms with van der Waals surface area (Å²) < 4.78 is 13.0. The van der Waals surface area contributed by atoms with Gasteiger partial charge in [-0.2, -0.15) is 0 Å². The van der Waals surface area contributed by atoms with Crippen LogP contribution < -0.4 is 5.32 Å². The lowest BCUT2D eigenvalue weighted by Crippen LogP contribution is -2.21. The lowest BCUT2D eigenvalue weighted by atomic mass is 9.95. The second-order valence-electron chi connectivity index (χ2n) is 5.69. The van der Waals surface area contributed by atoms with Crippen molar-refractivity contribution in [3.05, 3.63) is 65.5 Å². The van der Waals surface area contributed by atoms with Crippen LogP contribution in [0, 0.1) is 5.82 Å². The van der Waals surface area contributed by atoms with Crippen LogP contribution in [0.4, 0.5) is 10.1 Å². The molecule has 2 unspecified atom stereocenters. The maximum atomic E-state index is 13.0. The zero-order valence-electron chi connectivity index (χ0n) is 13.6. The Bertz CT molecular complexity index is 728. The number of carboxylic acid groups (broad SMARTS) is 1. The molecule has 0 spiro atoms. The van der Waals surface area contributed by atoms with Crippen LogP contribution in [0.15, 0.2) is 48.5 Å². The number of rotatable bonds is 6. The largest absolute Gasteiger partial charge is 0.481 e. The summed E-state index contributed by atoms with van der Waals surface area (Å²) in [5.74, 6) is -2.52. The molecule has 0 aliphatic heterocycles. The fourth-order valence-corrected chi connectivity index (χ4v) is 2.53. The third-order valence-electron chi connectivity index (χ3n) is 4.02. The first-order valence-electron chi connectivity index (χ1n) is 7.81. The highest BCUT2D eigenvalue weighted by atomic mass is 19.1. The van der Waals surface area contributed by atoms with Crippen molar-refractivity contribution < 1.29 is 19.1 Å². The molecule has 126 valence electrons. The molecule has 0 aliphatic rings. The summed E-state index contributed by atoms with van der Waals surface area (Å²) in [6.07, 6.45) is 0.572. The molecule has 0 aliphatic carbocycles. The Morgan fingerprint density at radius 2 is 1.79 bits per heavy atom. The highest BCUT2D eigenvalue weighted by Gasteiger charge is 2.20. The minimum absolute atomic E-state index is 0.204. The molecular weight excluding hydrogens is 309 g/mol. The van der Waals surface area contributed by atoms with Crippen LogP contribution in [0.2, 0.25) is 0 Å². The van der Waals surface area contributed by atoms with E-state index in [2.05, 4.69) is 5.32 Å². The van der Waals surface area contributed by atoms with Gasteiger partial charge in [-0.1, -0.05) is 31.2 Å². The van der Waals surface area contributed by atoms with Gasteiger partial charge in [-0.25, -0.2) is 4.39 Å². The summed E-state index contributed by atoms with van der Waals surface area (Å²) in [6.45, 7) is 3.48. The van der Waals surface area contributed by atoms with Gasteiger partial charge in [0.1, 0.15) is 5.82 Å². The van der Waals surface area contributed by atoms with Crippen LogP contribution in [0.3, 0.4) is 0 Å². The van der Waals surface area contributed by atoms with Crippen molar-refractivity contribution in [3.63, 3.8) is 0 Å². The van der Waals surface area contributed by atoms with Crippen LogP contribution in [-0.2, 0) is 9.59 Å². The first-order chi connectivity index (χ1) is 11.4. The number of carboxylic acids is 1. The molecule has 0 radical (unpaired) electrons. The average molecular weight is 329 g/mol. The van der Waals surface area contributed by atoms with Crippen LogP contribution in [0.5, 0.6) is 0 Å². The summed E-state index contributed by atoms with van der Waals surface area (Å²) in [4.78, 5) is 23.6. The Kier molecular flexibility index (Phi) is 5.68. The molecular formula is C19H20FNO3. The van der Waals surface area contributed by atoms with E-state index >= 15 is 0 Å². The van der Waals surface area contributed by atoms with Gasteiger partial charge in [0.15, 0.2) is 0 Å². The number of hydrogen-bond donors (Lipinski definition) is 2. The number of halogens is 1. The number of carbonyl (C=O) groups is 2. The highest BCUT2D eigenvalue weighted by molar-refractivity contribution is 5.96. The molecule has 0 fully saturated rings. The summed E-state index contributed by atoms with van der Waals surface area (Å²) in [5, 5.41) is 11.9. The molecule has 0 bridgehead atoms. The van der Waals surface area contributed by atoms with Crippen LogP contribution >= 0.6 is 0 Å². The lowest BCUT2D eigenvalue weighted by molar-refractivity contribution is -0.138. The number of benzene rings is 2. The lowest BCUT2D eigenvalue weighted by Gasteiger charge is -2.16. The van der Waals surface area contributed by atoms with E-state index in [1.54, 1.807) is 43.3 Å². The molecule has 0 saturated heterocycles. The monoisotopic (exact) mass is 329 g/mol. The smallest absolute Gasteiger partial charge is 0.310 e. The second kappa shape index (κ2) is 7.73. The van der Waals surface area contributed by atoms with E-state index in [4.69, 9.17) is 5.11 Å². The maximum Gasteiger partial charge on any atom is 0.310 e. The third-order valence-corrected chi connectivity index (χ3v) is 4.02. The van der Waals surface area contributed by atoms with E-state index in [1.165, 1.54) is 12.1 Å². The Balaban J connectivity index is 2.17. The fraction of sp³-hybridized carbons (Fsp3) is 0.263. The molecule has 2 N–H and O–H groups in total. The van der Waals surface area contributed by atoms with E-state index in [1.807, 2.05) is 6.92 Å². The van der Waals surface area contributed by atoms with Crippen LogP contribution in [0.1, 0.15) is 43.2 Å². The SMILES string of the molecule is CCC(C(=O)Nc1cccc(C(C)C(=O)O)c1)c1ccc(F)cc1. The maximum absolute atomic E-state index is 13.0. The first kappa shape index (κ1) is 17.7. The molecule has 24 heavy (non-hydrogen) atoms. The highest BCUT2D eigenvalue weighted by Crippen LogP contribution is 2.24. The van der Waals surface area contributed by atoms with E-state index in [0.29, 0.717) is 17.7 Å². The van der Waals surface area contributed by atoms with Crippen molar-refractivity contribution in [2.24, 2.45) is 0 Å². The van der Waals surface area contributed by atoms with Gasteiger partial charge in [-0.05, 0) is 48.7 Å². The molecule has 0 aromatic heterocycles. The Morgan fingerprint density at radius 1 is 1.12 bits per heavy atom. The number of anilines is 1. The topological polar surface area (TPSA) is 66.4 Å². The molecule has 0 saturated carbocycles. The number of hydrogen-bond acceptors (Lipinski definition) is 2. The second-order valence-corrected chi connectivity index (χ2v) is 5.69. The van der Waals surface area contributed by atoms with E-state index < -0.39 is 17.8 Å². The van der Waals surface area contributed by atoms with Crippen molar-refractivity contribution in [3.8, 4) is 0 Å². The quantitative estimate of drug-likeness (QED) is 0.837. The zero-order valence-corrected chi connectivity index (χ0v) is 13.6. The van der Waals surface area contributed by atoms with Crippen molar-refractivity contribution in [1.29, 1.82) is 0 Å². The van der Waals surface area contributed by atoms with Gasteiger partial charge in [0.2, 0.25) is 5.91 Å². The number of carbonyl (C=O) groups excluding carboxylic acids is 1. The molecule has 2 atom stereocenters. The molecule has 0 heterocycles. The minimum atomic E-state index is -0.920. The Morgan fingerprint density at radius 3 is 2.38 bits per heavy atom. The van der Waals surface area contributed by atoms with E-state index in [0.717, 1.165) is 5.56 Å². The number of amides is 1. The predicted octanol–water partition coefficient (Wildman–Crippen LogP) is 4.15. The van der Waals surface area contributed by atoms with Gasteiger partial charge in [0, 0.05) is 5.69 Å². The van der Waals surface area contributed by atoms with E-state index in [9.17, 15) is 14.0 Å². The summed E-state index contributed by atoms with van der Waals surface area (Å²) in [5.41, 5.74) is 1.91. The fourth-order valence-electron chi connectivity index (χ4n) is 2.53. The number of aliphatic carboxylic acids is 1. The summed E-state index contributed by atoms with van der Waals surface area (Å²) in [6, 6.07) is 12.7. The summed E-state index contributed by atoms with van der Waals surface area (Å²) >= 11 is 0. The summed E-state index contributed by atoms with van der Waals surface area (Å²) in [7, 11) is 0.